The van der Waals surface area contributed by atoms with Gasteiger partial charge in [-0.05, 0) is 49.1 Å². The molecule has 0 aliphatic heterocycles. The van der Waals surface area contributed by atoms with Crippen LogP contribution in [-0.2, 0) is 7.05 Å². The van der Waals surface area contributed by atoms with Gasteiger partial charge in [0.25, 0.3) is 5.91 Å². The van der Waals surface area contributed by atoms with Gasteiger partial charge in [0.05, 0.1) is 11.2 Å². The molecule has 1 aliphatic rings. The van der Waals surface area contributed by atoms with Gasteiger partial charge in [-0.1, -0.05) is 6.07 Å². The molecule has 2 N–H and O–H groups in total. The van der Waals surface area contributed by atoms with Crippen LogP contribution in [0.15, 0.2) is 41.3 Å². The molecule has 7 heteroatoms. The van der Waals surface area contributed by atoms with Crippen LogP contribution in [0.25, 0.3) is 22.0 Å². The Morgan fingerprint density at radius 2 is 1.96 bits per heavy atom. The van der Waals surface area contributed by atoms with Crippen LogP contribution in [0.1, 0.15) is 30.3 Å². The summed E-state index contributed by atoms with van der Waals surface area (Å²) in [5.74, 6) is -0.569. The third-order valence-electron chi connectivity index (χ3n) is 5.00. The number of hydrogen-bond acceptors (Lipinski definition) is 5. The fraction of sp³-hybridized carbons (Fsp3) is 0.300. The molecular formula is C20H21N5O2. The Bertz CT molecular complexity index is 1100. The maximum atomic E-state index is 11.9. The van der Waals surface area contributed by atoms with Gasteiger partial charge in [0.15, 0.2) is 5.69 Å². The monoisotopic (exact) mass is 363 g/mol. The quantitative estimate of drug-likeness (QED) is 0.749. The van der Waals surface area contributed by atoms with Crippen LogP contribution in [0.2, 0.25) is 0 Å². The molecule has 0 unspecified atom stereocenters. The molecule has 2 aromatic heterocycles. The van der Waals surface area contributed by atoms with Gasteiger partial charge in [-0.2, -0.15) is 0 Å². The number of carbonyl (C=O) groups excluding carboxylic acids is 1. The zero-order valence-corrected chi connectivity index (χ0v) is 15.3. The minimum atomic E-state index is -0.569. The lowest BCUT2D eigenvalue weighted by molar-refractivity contribution is 0.0995. The lowest BCUT2D eigenvalue weighted by Gasteiger charge is -2.25. The number of carbonyl (C=O) groups is 1. The van der Waals surface area contributed by atoms with Gasteiger partial charge in [0.1, 0.15) is 0 Å². The smallest absolute Gasteiger partial charge is 0.271 e. The maximum Gasteiger partial charge on any atom is 0.271 e. The fourth-order valence-electron chi connectivity index (χ4n) is 3.48. The van der Waals surface area contributed by atoms with Crippen LogP contribution in [0.3, 0.4) is 0 Å². The van der Waals surface area contributed by atoms with E-state index in [0.717, 1.165) is 41.6 Å². The van der Waals surface area contributed by atoms with Crippen molar-refractivity contribution in [1.82, 2.24) is 14.8 Å². The van der Waals surface area contributed by atoms with Crippen molar-refractivity contribution < 1.29 is 4.79 Å². The molecule has 7 nitrogen and oxygen atoms in total. The SMILES string of the molecule is CCN(c1c(C(N)=O)nnc2cc(-c3ccc(=O)n(C)c3)ccc12)C1CC1. The number of aryl methyl sites for hydroxylation is 1. The molecule has 3 aromatic rings. The Morgan fingerprint density at radius 1 is 1.22 bits per heavy atom. The number of pyridine rings is 1. The standard InChI is InChI=1S/C20H21N5O2/c1-3-25(14-6-7-14)19-15-8-4-12(13-5-9-17(26)24(2)11-13)10-16(15)22-23-18(19)20(21)27/h4-5,8-11,14H,3,6-7H2,1-2H3,(H2,21,27). The molecule has 1 amide bonds. The predicted molar refractivity (Wildman–Crippen MR) is 105 cm³/mol. The zero-order chi connectivity index (χ0) is 19.1. The minimum Gasteiger partial charge on any atom is -0.366 e. The van der Waals surface area contributed by atoms with Crippen molar-refractivity contribution in [2.24, 2.45) is 12.8 Å². The van der Waals surface area contributed by atoms with Crippen LogP contribution in [0.4, 0.5) is 5.69 Å². The van der Waals surface area contributed by atoms with E-state index < -0.39 is 5.91 Å². The first kappa shape index (κ1) is 17.2. The second-order valence-corrected chi connectivity index (χ2v) is 6.88. The van der Waals surface area contributed by atoms with Crippen molar-refractivity contribution in [3.8, 4) is 11.1 Å². The van der Waals surface area contributed by atoms with Gasteiger partial charge in [-0.25, -0.2) is 0 Å². The second-order valence-electron chi connectivity index (χ2n) is 6.88. The Hall–Kier alpha value is -3.22. The van der Waals surface area contributed by atoms with E-state index in [4.69, 9.17) is 5.73 Å². The summed E-state index contributed by atoms with van der Waals surface area (Å²) in [5, 5.41) is 9.23. The number of rotatable bonds is 5. The maximum absolute atomic E-state index is 11.9. The van der Waals surface area contributed by atoms with Gasteiger partial charge in [0, 0.05) is 37.3 Å². The minimum absolute atomic E-state index is 0.0595. The summed E-state index contributed by atoms with van der Waals surface area (Å²) in [5.41, 5.74) is 9.03. The molecule has 0 spiro atoms. The Labute approximate surface area is 156 Å². The van der Waals surface area contributed by atoms with E-state index in [1.807, 2.05) is 18.2 Å². The lowest BCUT2D eigenvalue weighted by Crippen LogP contribution is -2.29. The van der Waals surface area contributed by atoms with E-state index in [0.29, 0.717) is 11.6 Å². The highest BCUT2D eigenvalue weighted by molar-refractivity contribution is 6.05. The molecule has 0 atom stereocenters. The number of nitrogens with two attached hydrogens (primary N) is 1. The van der Waals surface area contributed by atoms with Gasteiger partial charge in [0.2, 0.25) is 5.56 Å². The number of fused-ring (bicyclic) bond motifs is 1. The predicted octanol–water partition coefficient (Wildman–Crippen LogP) is 2.08. The molecule has 0 saturated heterocycles. The van der Waals surface area contributed by atoms with Gasteiger partial charge < -0.3 is 15.2 Å². The highest BCUT2D eigenvalue weighted by Gasteiger charge is 2.32. The molecule has 1 fully saturated rings. The van der Waals surface area contributed by atoms with Crippen molar-refractivity contribution in [2.45, 2.75) is 25.8 Å². The van der Waals surface area contributed by atoms with Crippen molar-refractivity contribution in [1.29, 1.82) is 0 Å². The Balaban J connectivity index is 1.90. The first-order valence-electron chi connectivity index (χ1n) is 9.03. The van der Waals surface area contributed by atoms with Crippen molar-refractivity contribution in [2.75, 3.05) is 11.4 Å². The molecule has 0 radical (unpaired) electrons. The number of nitrogens with zero attached hydrogens (tertiary/aromatic N) is 4. The number of benzene rings is 1. The number of amides is 1. The summed E-state index contributed by atoms with van der Waals surface area (Å²) in [6.07, 6.45) is 4.00. The van der Waals surface area contributed by atoms with Crippen LogP contribution in [-0.4, -0.2) is 33.3 Å². The molecule has 2 heterocycles. The number of hydrogen-bond donors (Lipinski definition) is 1. The number of anilines is 1. The second kappa shape index (κ2) is 6.50. The summed E-state index contributed by atoms with van der Waals surface area (Å²) in [6, 6.07) is 9.60. The summed E-state index contributed by atoms with van der Waals surface area (Å²) in [4.78, 5) is 25.8. The molecule has 1 aromatic carbocycles. The van der Waals surface area contributed by atoms with Gasteiger partial charge in [-0.15, -0.1) is 10.2 Å². The third-order valence-corrected chi connectivity index (χ3v) is 5.00. The summed E-state index contributed by atoms with van der Waals surface area (Å²) in [6.45, 7) is 2.84. The molecule has 138 valence electrons. The topological polar surface area (TPSA) is 94.1 Å². The van der Waals surface area contributed by atoms with E-state index in [2.05, 4.69) is 22.0 Å². The normalized spacial score (nSPS) is 13.7. The van der Waals surface area contributed by atoms with E-state index in [9.17, 15) is 9.59 Å². The van der Waals surface area contributed by atoms with Gasteiger partial charge in [-0.3, -0.25) is 9.59 Å². The molecule has 0 bridgehead atoms. The summed E-state index contributed by atoms with van der Waals surface area (Å²) in [7, 11) is 1.72. The highest BCUT2D eigenvalue weighted by Crippen LogP contribution is 2.37. The third kappa shape index (κ3) is 3.05. The Kier molecular flexibility index (Phi) is 4.14. The van der Waals surface area contributed by atoms with Crippen molar-refractivity contribution >= 4 is 22.5 Å². The molecule has 1 saturated carbocycles. The molecular weight excluding hydrogens is 342 g/mol. The Morgan fingerprint density at radius 3 is 2.59 bits per heavy atom. The van der Waals surface area contributed by atoms with Crippen molar-refractivity contribution in [3.63, 3.8) is 0 Å². The first-order valence-corrected chi connectivity index (χ1v) is 9.03. The lowest BCUT2D eigenvalue weighted by atomic mass is 10.0. The molecule has 27 heavy (non-hydrogen) atoms. The van der Waals surface area contributed by atoms with Crippen LogP contribution < -0.4 is 16.2 Å². The van der Waals surface area contributed by atoms with Crippen LogP contribution in [0.5, 0.6) is 0 Å². The zero-order valence-electron chi connectivity index (χ0n) is 15.3. The van der Waals surface area contributed by atoms with Crippen LogP contribution >= 0.6 is 0 Å². The summed E-state index contributed by atoms with van der Waals surface area (Å²) < 4.78 is 1.54. The van der Waals surface area contributed by atoms with E-state index in [1.54, 1.807) is 29.9 Å². The molecule has 4 rings (SSSR count). The summed E-state index contributed by atoms with van der Waals surface area (Å²) >= 11 is 0. The largest absolute Gasteiger partial charge is 0.366 e. The first-order chi connectivity index (χ1) is 13.0. The average Bonchev–Trinajstić information content (AvgIpc) is 3.49. The number of aromatic nitrogens is 3. The highest BCUT2D eigenvalue weighted by atomic mass is 16.1. The average molecular weight is 363 g/mol. The van der Waals surface area contributed by atoms with E-state index in [1.165, 1.54) is 0 Å². The molecule has 1 aliphatic carbocycles. The van der Waals surface area contributed by atoms with Crippen molar-refractivity contribution in [3.05, 3.63) is 52.6 Å². The van der Waals surface area contributed by atoms with Crippen LogP contribution in [0, 0.1) is 0 Å². The van der Waals surface area contributed by atoms with E-state index in [-0.39, 0.29) is 11.3 Å². The number of primary amides is 1. The fourth-order valence-corrected chi connectivity index (χ4v) is 3.48. The van der Waals surface area contributed by atoms with Gasteiger partial charge >= 0.3 is 0 Å². The van der Waals surface area contributed by atoms with E-state index >= 15 is 0 Å².